The van der Waals surface area contributed by atoms with Crippen molar-refractivity contribution in [3.8, 4) is 0 Å². The van der Waals surface area contributed by atoms with Gasteiger partial charge in [0.15, 0.2) is 0 Å². The number of epoxide rings is 1. The van der Waals surface area contributed by atoms with E-state index in [9.17, 15) is 0 Å². The van der Waals surface area contributed by atoms with Crippen molar-refractivity contribution in [2.45, 2.75) is 50.7 Å². The Bertz CT molecular complexity index is 122. The van der Waals surface area contributed by atoms with E-state index in [2.05, 4.69) is 6.92 Å². The minimum absolute atomic E-state index is 0.387. The molecule has 0 unspecified atom stereocenters. The van der Waals surface area contributed by atoms with Crippen LogP contribution in [0, 0.1) is 0 Å². The fourth-order valence-corrected chi connectivity index (χ4v) is 2.03. The number of ether oxygens (including phenoxy) is 1. The summed E-state index contributed by atoms with van der Waals surface area (Å²) in [5, 5.41) is 0. The molecule has 2 aliphatic rings. The first-order chi connectivity index (χ1) is 4.37. The molecule has 1 aliphatic carbocycles. The van der Waals surface area contributed by atoms with Crippen LogP contribution in [0.2, 0.25) is 0 Å². The summed E-state index contributed by atoms with van der Waals surface area (Å²) in [5.74, 6) is 0. The molecule has 1 saturated carbocycles. The summed E-state index contributed by atoms with van der Waals surface area (Å²) < 4.78 is 5.61. The van der Waals surface area contributed by atoms with Crippen molar-refractivity contribution < 1.29 is 4.74 Å². The summed E-state index contributed by atoms with van der Waals surface area (Å²) in [4.78, 5) is 0. The second-order valence-electron chi connectivity index (χ2n) is 3.27. The maximum absolute atomic E-state index is 5.61. The van der Waals surface area contributed by atoms with Crippen molar-refractivity contribution >= 4 is 0 Å². The van der Waals surface area contributed by atoms with Gasteiger partial charge < -0.3 is 4.74 Å². The molecule has 2 atom stereocenters. The minimum atomic E-state index is 0.387. The maximum atomic E-state index is 5.61. The Labute approximate surface area is 56.4 Å². The van der Waals surface area contributed by atoms with Gasteiger partial charge in [-0.1, -0.05) is 19.8 Å². The second kappa shape index (κ2) is 1.72. The lowest BCUT2D eigenvalue weighted by Crippen LogP contribution is -2.17. The third-order valence-electron chi connectivity index (χ3n) is 2.82. The molecule has 0 aromatic carbocycles. The van der Waals surface area contributed by atoms with E-state index < -0.39 is 0 Å². The van der Waals surface area contributed by atoms with E-state index in [1.54, 1.807) is 0 Å². The number of hydrogen-bond donors (Lipinski definition) is 0. The molecule has 0 aromatic rings. The first kappa shape index (κ1) is 5.72. The Morgan fingerprint density at radius 3 is 3.00 bits per heavy atom. The van der Waals surface area contributed by atoms with E-state index in [0.29, 0.717) is 11.7 Å². The van der Waals surface area contributed by atoms with Gasteiger partial charge in [-0.3, -0.25) is 0 Å². The molecule has 1 saturated heterocycles. The zero-order chi connectivity index (χ0) is 6.32. The summed E-state index contributed by atoms with van der Waals surface area (Å²) in [6.45, 7) is 2.24. The van der Waals surface area contributed by atoms with Crippen molar-refractivity contribution in [2.24, 2.45) is 0 Å². The highest BCUT2D eigenvalue weighted by molar-refractivity contribution is 5.03. The summed E-state index contributed by atoms with van der Waals surface area (Å²) in [5.41, 5.74) is 0.387. The molecule has 9 heavy (non-hydrogen) atoms. The molecular weight excluding hydrogens is 112 g/mol. The summed E-state index contributed by atoms with van der Waals surface area (Å²) in [6.07, 6.45) is 7.34. The van der Waals surface area contributed by atoms with E-state index in [1.165, 1.54) is 32.1 Å². The molecule has 0 radical (unpaired) electrons. The van der Waals surface area contributed by atoms with Crippen LogP contribution >= 0.6 is 0 Å². The van der Waals surface area contributed by atoms with Gasteiger partial charge in [0.2, 0.25) is 0 Å². The average molecular weight is 126 g/mol. The highest BCUT2D eigenvalue weighted by Crippen LogP contribution is 2.49. The van der Waals surface area contributed by atoms with Crippen LogP contribution in [0.5, 0.6) is 0 Å². The third kappa shape index (κ3) is 0.710. The largest absolute Gasteiger partial charge is 0.366 e. The molecule has 2 fully saturated rings. The molecule has 1 aliphatic heterocycles. The molecule has 2 rings (SSSR count). The molecule has 0 amide bonds. The summed E-state index contributed by atoms with van der Waals surface area (Å²) in [6, 6.07) is 0. The SMILES string of the molecule is CC[C@]12CCCC[C@H]1O2. The number of hydrogen-bond acceptors (Lipinski definition) is 1. The van der Waals surface area contributed by atoms with Crippen molar-refractivity contribution in [2.75, 3.05) is 0 Å². The van der Waals surface area contributed by atoms with E-state index in [0.717, 1.165) is 0 Å². The third-order valence-corrected chi connectivity index (χ3v) is 2.82. The van der Waals surface area contributed by atoms with Crippen LogP contribution in [0.4, 0.5) is 0 Å². The Kier molecular flexibility index (Phi) is 1.10. The number of rotatable bonds is 1. The lowest BCUT2D eigenvalue weighted by Gasteiger charge is -2.13. The Hall–Kier alpha value is -0.0400. The maximum Gasteiger partial charge on any atom is 0.0945 e. The Balaban J connectivity index is 2.01. The molecule has 52 valence electrons. The van der Waals surface area contributed by atoms with E-state index >= 15 is 0 Å². The predicted molar refractivity (Wildman–Crippen MR) is 36.4 cm³/mol. The highest BCUT2D eigenvalue weighted by Gasteiger charge is 2.55. The zero-order valence-electron chi connectivity index (χ0n) is 6.02. The van der Waals surface area contributed by atoms with Gasteiger partial charge in [-0.15, -0.1) is 0 Å². The van der Waals surface area contributed by atoms with Gasteiger partial charge in [-0.2, -0.15) is 0 Å². The first-order valence-corrected chi connectivity index (χ1v) is 4.05. The molecule has 1 heterocycles. The molecular formula is C8H14O. The van der Waals surface area contributed by atoms with Gasteiger partial charge in [-0.25, -0.2) is 0 Å². The Morgan fingerprint density at radius 1 is 1.56 bits per heavy atom. The van der Waals surface area contributed by atoms with Gasteiger partial charge in [0.25, 0.3) is 0 Å². The molecule has 0 bridgehead atoms. The quantitative estimate of drug-likeness (QED) is 0.490. The lowest BCUT2D eigenvalue weighted by molar-refractivity contribution is 0.279. The fraction of sp³-hybridized carbons (Fsp3) is 1.00. The van der Waals surface area contributed by atoms with Crippen molar-refractivity contribution in [1.29, 1.82) is 0 Å². The number of fused-ring (bicyclic) bond motifs is 1. The van der Waals surface area contributed by atoms with Crippen molar-refractivity contribution in [1.82, 2.24) is 0 Å². The van der Waals surface area contributed by atoms with Crippen LogP contribution < -0.4 is 0 Å². The first-order valence-electron chi connectivity index (χ1n) is 4.05. The van der Waals surface area contributed by atoms with Crippen molar-refractivity contribution in [3.63, 3.8) is 0 Å². The fourth-order valence-electron chi connectivity index (χ4n) is 2.03. The van der Waals surface area contributed by atoms with Gasteiger partial charge in [0.1, 0.15) is 0 Å². The zero-order valence-corrected chi connectivity index (χ0v) is 6.02. The van der Waals surface area contributed by atoms with Crippen LogP contribution in [0.25, 0.3) is 0 Å². The van der Waals surface area contributed by atoms with Crippen LogP contribution in [-0.4, -0.2) is 11.7 Å². The lowest BCUT2D eigenvalue weighted by atomic mass is 9.87. The minimum Gasteiger partial charge on any atom is -0.366 e. The van der Waals surface area contributed by atoms with E-state index in [1.807, 2.05) is 0 Å². The van der Waals surface area contributed by atoms with Gasteiger partial charge in [0, 0.05) is 0 Å². The predicted octanol–water partition coefficient (Wildman–Crippen LogP) is 2.11. The van der Waals surface area contributed by atoms with E-state index in [-0.39, 0.29) is 0 Å². The van der Waals surface area contributed by atoms with Gasteiger partial charge in [0.05, 0.1) is 11.7 Å². The standard InChI is InChI=1S/C8H14O/c1-2-8-6-4-3-5-7(8)9-8/h7H,2-6H2,1H3/t7-,8+/m1/s1. The molecule has 0 aromatic heterocycles. The van der Waals surface area contributed by atoms with E-state index in [4.69, 9.17) is 4.74 Å². The topological polar surface area (TPSA) is 12.5 Å². The molecule has 1 nitrogen and oxygen atoms in total. The van der Waals surface area contributed by atoms with Crippen LogP contribution in [-0.2, 0) is 4.74 Å². The van der Waals surface area contributed by atoms with Crippen LogP contribution in [0.3, 0.4) is 0 Å². The highest BCUT2D eigenvalue weighted by atomic mass is 16.6. The molecule has 0 spiro atoms. The monoisotopic (exact) mass is 126 g/mol. The van der Waals surface area contributed by atoms with Crippen LogP contribution in [0.1, 0.15) is 39.0 Å². The normalized spacial score (nSPS) is 48.3. The second-order valence-corrected chi connectivity index (χ2v) is 3.27. The smallest absolute Gasteiger partial charge is 0.0945 e. The van der Waals surface area contributed by atoms with Crippen LogP contribution in [0.15, 0.2) is 0 Å². The van der Waals surface area contributed by atoms with Gasteiger partial charge in [-0.05, 0) is 19.3 Å². The Morgan fingerprint density at radius 2 is 2.44 bits per heavy atom. The van der Waals surface area contributed by atoms with Crippen molar-refractivity contribution in [3.05, 3.63) is 0 Å². The summed E-state index contributed by atoms with van der Waals surface area (Å²) >= 11 is 0. The summed E-state index contributed by atoms with van der Waals surface area (Å²) in [7, 11) is 0. The molecule has 1 heteroatoms. The van der Waals surface area contributed by atoms with Gasteiger partial charge >= 0.3 is 0 Å². The molecule has 0 N–H and O–H groups in total. The average Bonchev–Trinajstić information content (AvgIpc) is 2.62.